The second-order valence-corrected chi connectivity index (χ2v) is 9.87. The maximum atomic E-state index is 12.5. The number of aryl methyl sites for hydroxylation is 1. The Hall–Kier alpha value is -1.40. The maximum absolute atomic E-state index is 12.5. The molecule has 5 rings (SSSR count). The summed E-state index contributed by atoms with van der Waals surface area (Å²) < 4.78 is 36.7. The van der Waals surface area contributed by atoms with E-state index in [4.69, 9.17) is 20.5 Å². The van der Waals surface area contributed by atoms with Crippen LogP contribution in [0.4, 0.5) is 0 Å². The Kier molecular flexibility index (Phi) is 4.83. The smallest absolute Gasteiger partial charge is 0.296 e. The Morgan fingerprint density at radius 3 is 2.19 bits per heavy atom. The number of hydrogen-bond donors (Lipinski definition) is 0. The zero-order valence-corrected chi connectivity index (χ0v) is 16.9. The highest BCUT2D eigenvalue weighted by Crippen LogP contribution is 2.53. The van der Waals surface area contributed by atoms with E-state index in [9.17, 15) is 8.42 Å². The van der Waals surface area contributed by atoms with Gasteiger partial charge in [-0.15, -0.1) is 0 Å². The van der Waals surface area contributed by atoms with Crippen molar-refractivity contribution in [2.75, 3.05) is 13.2 Å². The van der Waals surface area contributed by atoms with E-state index in [0.717, 1.165) is 36.8 Å². The van der Waals surface area contributed by atoms with Crippen LogP contribution in [-0.2, 0) is 24.6 Å². The maximum Gasteiger partial charge on any atom is 0.296 e. The Bertz CT molecular complexity index is 895. The Balaban J connectivity index is 1.44. The van der Waals surface area contributed by atoms with Crippen molar-refractivity contribution >= 4 is 21.7 Å². The first kappa shape index (κ1) is 18.9. The standard InChI is InChI=1S/C21H23ClO4S/c1-16-2-8-19(9-3-16)27(23,24)26-15-20-10-12-21(13-11-20,25-14-20)17-4-6-18(22)7-5-17/h2-9H,10-15H2,1H3. The van der Waals surface area contributed by atoms with E-state index in [1.807, 2.05) is 31.2 Å². The lowest BCUT2D eigenvalue weighted by molar-refractivity contribution is -0.197. The predicted octanol–water partition coefficient (Wildman–Crippen LogP) is 4.84. The molecule has 2 heterocycles. The van der Waals surface area contributed by atoms with Gasteiger partial charge in [-0.2, -0.15) is 8.42 Å². The third kappa shape index (κ3) is 3.66. The molecule has 4 nitrogen and oxygen atoms in total. The molecule has 0 aromatic heterocycles. The highest BCUT2D eigenvalue weighted by atomic mass is 35.5. The average Bonchev–Trinajstić information content (AvgIpc) is 2.69. The SMILES string of the molecule is Cc1ccc(S(=O)(=O)OCC23CCC(c4ccc(Cl)cc4)(CC2)OC3)cc1. The first-order chi connectivity index (χ1) is 12.8. The van der Waals surface area contributed by atoms with Gasteiger partial charge in [0.2, 0.25) is 0 Å². The molecule has 1 saturated carbocycles. The van der Waals surface area contributed by atoms with Gasteiger partial charge in [-0.3, -0.25) is 4.18 Å². The van der Waals surface area contributed by atoms with E-state index in [1.54, 1.807) is 24.3 Å². The Morgan fingerprint density at radius 1 is 1.00 bits per heavy atom. The summed E-state index contributed by atoms with van der Waals surface area (Å²) in [6.45, 7) is 2.60. The van der Waals surface area contributed by atoms with Gasteiger partial charge in [-0.25, -0.2) is 0 Å². The lowest BCUT2D eigenvalue weighted by Gasteiger charge is -2.53. The first-order valence-electron chi connectivity index (χ1n) is 9.19. The summed E-state index contributed by atoms with van der Waals surface area (Å²) in [4.78, 5) is 0.201. The number of ether oxygens (including phenoxy) is 1. The summed E-state index contributed by atoms with van der Waals surface area (Å²) in [6, 6.07) is 14.6. The summed E-state index contributed by atoms with van der Waals surface area (Å²) in [5.74, 6) is 0. The minimum Gasteiger partial charge on any atom is -0.370 e. The van der Waals surface area contributed by atoms with E-state index < -0.39 is 10.1 Å². The molecule has 6 heteroatoms. The van der Waals surface area contributed by atoms with Gasteiger partial charge in [0.15, 0.2) is 0 Å². The van der Waals surface area contributed by atoms with E-state index in [1.165, 1.54) is 0 Å². The molecule has 0 amide bonds. The number of benzene rings is 2. The monoisotopic (exact) mass is 406 g/mol. The molecule has 0 atom stereocenters. The van der Waals surface area contributed by atoms with Gasteiger partial charge in [-0.05, 0) is 62.4 Å². The molecule has 0 radical (unpaired) electrons. The van der Waals surface area contributed by atoms with Gasteiger partial charge in [0.05, 0.1) is 23.7 Å². The quantitative estimate of drug-likeness (QED) is 0.666. The number of hydrogen-bond acceptors (Lipinski definition) is 4. The van der Waals surface area contributed by atoms with Crippen molar-refractivity contribution < 1.29 is 17.3 Å². The third-order valence-electron chi connectivity index (χ3n) is 5.97. The van der Waals surface area contributed by atoms with Crippen molar-refractivity contribution in [1.82, 2.24) is 0 Å². The van der Waals surface area contributed by atoms with Crippen molar-refractivity contribution in [2.45, 2.75) is 43.1 Å². The van der Waals surface area contributed by atoms with Crippen LogP contribution in [0.25, 0.3) is 0 Å². The van der Waals surface area contributed by atoms with Gasteiger partial charge in [0, 0.05) is 10.4 Å². The summed E-state index contributed by atoms with van der Waals surface area (Å²) in [7, 11) is -3.75. The topological polar surface area (TPSA) is 52.6 Å². The van der Waals surface area contributed by atoms with Crippen molar-refractivity contribution in [3.8, 4) is 0 Å². The summed E-state index contributed by atoms with van der Waals surface area (Å²) in [5, 5.41) is 0.714. The molecular weight excluding hydrogens is 384 g/mol. The van der Waals surface area contributed by atoms with E-state index in [0.29, 0.717) is 11.6 Å². The molecule has 2 saturated heterocycles. The van der Waals surface area contributed by atoms with Crippen LogP contribution in [0.5, 0.6) is 0 Å². The largest absolute Gasteiger partial charge is 0.370 e. The minimum atomic E-state index is -3.75. The third-order valence-corrected chi connectivity index (χ3v) is 7.50. The van der Waals surface area contributed by atoms with Crippen LogP contribution in [0, 0.1) is 12.3 Å². The van der Waals surface area contributed by atoms with Crippen LogP contribution in [0.1, 0.15) is 36.8 Å². The van der Waals surface area contributed by atoms with E-state index in [2.05, 4.69) is 0 Å². The number of fused-ring (bicyclic) bond motifs is 3. The molecule has 3 aliphatic rings. The van der Waals surface area contributed by atoms with Crippen molar-refractivity contribution in [3.63, 3.8) is 0 Å². The lowest BCUT2D eigenvalue weighted by atomic mass is 9.64. The van der Waals surface area contributed by atoms with Crippen LogP contribution < -0.4 is 0 Å². The van der Waals surface area contributed by atoms with Crippen molar-refractivity contribution in [2.24, 2.45) is 5.41 Å². The average molecular weight is 407 g/mol. The molecule has 2 aromatic rings. The van der Waals surface area contributed by atoms with Crippen LogP contribution >= 0.6 is 11.6 Å². The molecular formula is C21H23ClO4S. The molecule has 3 fully saturated rings. The normalized spacial score (nSPS) is 27.6. The fourth-order valence-corrected chi connectivity index (χ4v) is 5.19. The summed E-state index contributed by atoms with van der Waals surface area (Å²) in [6.07, 6.45) is 3.50. The van der Waals surface area contributed by atoms with Crippen LogP contribution in [0.15, 0.2) is 53.4 Å². The van der Waals surface area contributed by atoms with Crippen molar-refractivity contribution in [3.05, 3.63) is 64.7 Å². The zero-order valence-electron chi connectivity index (χ0n) is 15.3. The Labute approximate surface area is 165 Å². The van der Waals surface area contributed by atoms with Crippen LogP contribution in [0.3, 0.4) is 0 Å². The highest BCUT2D eigenvalue weighted by Gasteiger charge is 2.51. The second kappa shape index (κ2) is 6.89. The van der Waals surface area contributed by atoms with Gasteiger partial charge in [0.1, 0.15) is 0 Å². The molecule has 0 unspecified atom stereocenters. The summed E-state index contributed by atoms with van der Waals surface area (Å²) >= 11 is 6.00. The van der Waals surface area contributed by atoms with E-state index >= 15 is 0 Å². The van der Waals surface area contributed by atoms with Gasteiger partial charge < -0.3 is 4.74 Å². The molecule has 27 heavy (non-hydrogen) atoms. The predicted molar refractivity (Wildman–Crippen MR) is 104 cm³/mol. The van der Waals surface area contributed by atoms with Gasteiger partial charge in [0.25, 0.3) is 10.1 Å². The second-order valence-electron chi connectivity index (χ2n) is 7.82. The number of halogens is 1. The molecule has 1 aliphatic carbocycles. The van der Waals surface area contributed by atoms with Crippen LogP contribution in [0.2, 0.25) is 5.02 Å². The summed E-state index contributed by atoms with van der Waals surface area (Å²) in [5.41, 5.74) is 1.65. The molecule has 2 bridgehead atoms. The van der Waals surface area contributed by atoms with Gasteiger partial charge in [-0.1, -0.05) is 41.4 Å². The minimum absolute atomic E-state index is 0.167. The number of rotatable bonds is 5. The molecule has 2 aliphatic heterocycles. The molecule has 0 spiro atoms. The molecule has 0 N–H and O–H groups in total. The molecule has 144 valence electrons. The highest BCUT2D eigenvalue weighted by molar-refractivity contribution is 7.86. The Morgan fingerprint density at radius 2 is 1.63 bits per heavy atom. The first-order valence-corrected chi connectivity index (χ1v) is 11.0. The van der Waals surface area contributed by atoms with Crippen LogP contribution in [-0.4, -0.2) is 21.6 Å². The molecule has 2 aromatic carbocycles. The van der Waals surface area contributed by atoms with Gasteiger partial charge >= 0.3 is 0 Å². The van der Waals surface area contributed by atoms with Crippen molar-refractivity contribution in [1.29, 1.82) is 0 Å². The van der Waals surface area contributed by atoms with E-state index in [-0.39, 0.29) is 22.5 Å². The fourth-order valence-electron chi connectivity index (χ4n) is 4.05. The lowest BCUT2D eigenvalue weighted by Crippen LogP contribution is -2.51. The fraction of sp³-hybridized carbons (Fsp3) is 0.429. The zero-order chi connectivity index (χ0) is 19.1.